The summed E-state index contributed by atoms with van der Waals surface area (Å²) < 4.78 is 9.74. The van der Waals surface area contributed by atoms with Gasteiger partial charge in [-0.15, -0.1) is 0 Å². The molecule has 4 nitrogen and oxygen atoms in total. The fourth-order valence-corrected chi connectivity index (χ4v) is 4.23. The van der Waals surface area contributed by atoms with E-state index in [4.69, 9.17) is 4.74 Å². The Labute approximate surface area is 176 Å². The van der Waals surface area contributed by atoms with Gasteiger partial charge in [0.15, 0.2) is 12.2 Å². The number of carbonyl (C=O) groups excluding carboxylic acids is 1. The fraction of sp³-hybridized carbons (Fsp3) is 0.154. The van der Waals surface area contributed by atoms with Crippen molar-refractivity contribution in [3.8, 4) is 22.7 Å². The minimum Gasteiger partial charge on any atom is -0.497 e. The van der Waals surface area contributed by atoms with Crippen molar-refractivity contribution in [3.05, 3.63) is 102 Å². The number of hydrogen-bond acceptors (Lipinski definition) is 2. The van der Waals surface area contributed by atoms with Gasteiger partial charge in [-0.2, -0.15) is 4.57 Å². The monoisotopic (exact) mass is 395 g/mol. The van der Waals surface area contributed by atoms with Gasteiger partial charge in [0, 0.05) is 11.1 Å². The molecule has 1 aliphatic heterocycles. The first-order valence-electron chi connectivity index (χ1n) is 10.2. The van der Waals surface area contributed by atoms with Gasteiger partial charge in [-0.25, -0.2) is 4.57 Å². The zero-order valence-electron chi connectivity index (χ0n) is 16.9. The smallest absolute Gasteiger partial charge is 0.262 e. The summed E-state index contributed by atoms with van der Waals surface area (Å²) in [6.45, 7) is 0.331. The molecule has 0 atom stereocenters. The number of fused-ring (bicyclic) bond motifs is 3. The number of benzene rings is 3. The van der Waals surface area contributed by atoms with E-state index >= 15 is 0 Å². The number of methoxy groups -OCH3 is 1. The Morgan fingerprint density at radius 3 is 2.43 bits per heavy atom. The molecular weight excluding hydrogens is 372 g/mol. The summed E-state index contributed by atoms with van der Waals surface area (Å²) in [6, 6.07) is 26.1. The molecule has 3 aromatic carbocycles. The van der Waals surface area contributed by atoms with Gasteiger partial charge in [0.25, 0.3) is 5.82 Å². The first-order valence-corrected chi connectivity index (χ1v) is 10.2. The average molecular weight is 395 g/mol. The summed E-state index contributed by atoms with van der Waals surface area (Å²) in [5.41, 5.74) is 5.44. The van der Waals surface area contributed by atoms with Crippen molar-refractivity contribution in [1.29, 1.82) is 0 Å². The lowest BCUT2D eigenvalue weighted by molar-refractivity contribution is -0.689. The zero-order chi connectivity index (χ0) is 20.5. The lowest BCUT2D eigenvalue weighted by Gasteiger charge is -2.15. The van der Waals surface area contributed by atoms with Crippen molar-refractivity contribution in [2.45, 2.75) is 19.4 Å². The third kappa shape index (κ3) is 3.20. The van der Waals surface area contributed by atoms with Crippen molar-refractivity contribution < 1.29 is 14.1 Å². The number of ketones is 1. The van der Waals surface area contributed by atoms with Crippen LogP contribution in [0.5, 0.6) is 5.75 Å². The van der Waals surface area contributed by atoms with Crippen LogP contribution in [0.1, 0.15) is 21.7 Å². The summed E-state index contributed by atoms with van der Waals surface area (Å²) in [5, 5.41) is 0. The second kappa shape index (κ2) is 7.64. The van der Waals surface area contributed by atoms with Crippen molar-refractivity contribution in [3.63, 3.8) is 0 Å². The van der Waals surface area contributed by atoms with Gasteiger partial charge in [0.1, 0.15) is 17.6 Å². The highest BCUT2D eigenvalue weighted by atomic mass is 16.5. The Morgan fingerprint density at radius 2 is 1.67 bits per heavy atom. The van der Waals surface area contributed by atoms with Crippen molar-refractivity contribution in [2.24, 2.45) is 0 Å². The topological polar surface area (TPSA) is 35.1 Å². The quantitative estimate of drug-likeness (QED) is 0.370. The lowest BCUT2D eigenvalue weighted by atomic mass is 10.0. The maximum atomic E-state index is 12.9. The van der Waals surface area contributed by atoms with Crippen LogP contribution < -0.4 is 9.30 Å². The van der Waals surface area contributed by atoms with E-state index in [1.54, 1.807) is 7.11 Å². The van der Waals surface area contributed by atoms with E-state index in [-0.39, 0.29) is 5.78 Å². The highest BCUT2D eigenvalue weighted by Crippen LogP contribution is 2.31. The number of hydrogen-bond donors (Lipinski definition) is 0. The molecule has 0 radical (unpaired) electrons. The molecule has 5 rings (SSSR count). The van der Waals surface area contributed by atoms with E-state index in [1.807, 2.05) is 42.5 Å². The number of ether oxygens (including phenoxy) is 1. The first kappa shape index (κ1) is 18.4. The van der Waals surface area contributed by atoms with Gasteiger partial charge in [0.05, 0.1) is 13.5 Å². The summed E-state index contributed by atoms with van der Waals surface area (Å²) >= 11 is 0. The van der Waals surface area contributed by atoms with Crippen LogP contribution in [0, 0.1) is 0 Å². The maximum absolute atomic E-state index is 12.9. The molecule has 4 aromatic rings. The molecule has 30 heavy (non-hydrogen) atoms. The molecule has 0 fully saturated rings. The molecule has 148 valence electrons. The molecule has 0 spiro atoms. The number of aryl methyl sites for hydroxylation is 1. The van der Waals surface area contributed by atoms with Crippen LogP contribution in [0.2, 0.25) is 0 Å². The molecule has 0 amide bonds. The van der Waals surface area contributed by atoms with E-state index in [1.165, 1.54) is 11.3 Å². The van der Waals surface area contributed by atoms with Gasteiger partial charge in [-0.05, 0) is 42.3 Å². The predicted octanol–water partition coefficient (Wildman–Crippen LogP) is 4.42. The number of nitrogens with zero attached hydrogens (tertiary/aromatic N) is 2. The van der Waals surface area contributed by atoms with E-state index < -0.39 is 0 Å². The molecule has 0 N–H and O–H groups in total. The molecule has 4 heteroatoms. The number of Topliss-reactive ketones (excluding diaryl/α,β-unsaturated/α-hetero) is 1. The Hall–Kier alpha value is -3.66. The molecule has 2 heterocycles. The third-order valence-electron chi connectivity index (χ3n) is 5.75. The van der Waals surface area contributed by atoms with Crippen LogP contribution in [0.3, 0.4) is 0 Å². The average Bonchev–Trinajstić information content (AvgIpc) is 3.18. The van der Waals surface area contributed by atoms with Crippen molar-refractivity contribution in [1.82, 2.24) is 4.57 Å². The Morgan fingerprint density at radius 1 is 0.933 bits per heavy atom. The number of aromatic nitrogens is 2. The van der Waals surface area contributed by atoms with E-state index in [0.29, 0.717) is 6.54 Å². The zero-order valence-corrected chi connectivity index (χ0v) is 16.9. The molecule has 0 saturated heterocycles. The van der Waals surface area contributed by atoms with E-state index in [2.05, 4.69) is 51.7 Å². The minimum absolute atomic E-state index is 0.120. The Kier molecular flexibility index (Phi) is 4.68. The summed E-state index contributed by atoms with van der Waals surface area (Å²) in [5.74, 6) is 2.11. The number of rotatable bonds is 5. The standard InChI is InChI=1S/C26H23N2O2/c1-30-22-14-11-20(12-15-22)24-17-27(18-25(29)21-8-3-2-4-9-21)26-16-13-19-7-5-6-10-23(19)28(24)26/h2-12,14-15,17H,13,16,18H2,1H3/q+1. The summed E-state index contributed by atoms with van der Waals surface area (Å²) in [4.78, 5) is 12.9. The second-order valence-corrected chi connectivity index (χ2v) is 7.54. The van der Waals surface area contributed by atoms with Gasteiger partial charge in [0.2, 0.25) is 5.78 Å². The molecule has 1 aliphatic rings. The predicted molar refractivity (Wildman–Crippen MR) is 116 cm³/mol. The highest BCUT2D eigenvalue weighted by molar-refractivity contribution is 5.95. The van der Waals surface area contributed by atoms with Crippen LogP contribution in [0.25, 0.3) is 16.9 Å². The van der Waals surface area contributed by atoms with Crippen LogP contribution in [0.4, 0.5) is 0 Å². The van der Waals surface area contributed by atoms with Gasteiger partial charge in [-0.3, -0.25) is 4.79 Å². The van der Waals surface area contributed by atoms with Crippen molar-refractivity contribution in [2.75, 3.05) is 7.11 Å². The third-order valence-corrected chi connectivity index (χ3v) is 5.75. The molecule has 0 aliphatic carbocycles. The van der Waals surface area contributed by atoms with Crippen LogP contribution in [0.15, 0.2) is 85.1 Å². The SMILES string of the molecule is COc1ccc(-c2c[n+](CC(=O)c3ccccc3)c3n2-c2ccccc2CC3)cc1. The van der Waals surface area contributed by atoms with E-state index in [9.17, 15) is 4.79 Å². The van der Waals surface area contributed by atoms with Crippen LogP contribution in [-0.4, -0.2) is 17.5 Å². The van der Waals surface area contributed by atoms with Gasteiger partial charge >= 0.3 is 0 Å². The minimum atomic E-state index is 0.120. The summed E-state index contributed by atoms with van der Waals surface area (Å²) in [6.07, 6.45) is 3.98. The molecule has 0 saturated carbocycles. The van der Waals surface area contributed by atoms with Crippen molar-refractivity contribution >= 4 is 5.78 Å². The molecule has 0 unspecified atom stereocenters. The van der Waals surface area contributed by atoms with Gasteiger partial charge in [-0.1, -0.05) is 48.5 Å². The largest absolute Gasteiger partial charge is 0.497 e. The first-order chi connectivity index (χ1) is 14.7. The molecule has 1 aromatic heterocycles. The Balaban J connectivity index is 1.63. The molecular formula is C26H23N2O2+. The Bertz CT molecular complexity index is 1210. The second-order valence-electron chi connectivity index (χ2n) is 7.54. The van der Waals surface area contributed by atoms with E-state index in [0.717, 1.165) is 41.2 Å². The molecule has 0 bridgehead atoms. The number of carbonyl (C=O) groups is 1. The summed E-state index contributed by atoms with van der Waals surface area (Å²) in [7, 11) is 1.67. The van der Waals surface area contributed by atoms with Crippen LogP contribution >= 0.6 is 0 Å². The van der Waals surface area contributed by atoms with Crippen LogP contribution in [-0.2, 0) is 19.4 Å². The number of para-hydroxylation sites is 1. The maximum Gasteiger partial charge on any atom is 0.262 e. The van der Waals surface area contributed by atoms with Gasteiger partial charge < -0.3 is 4.74 Å². The lowest BCUT2D eigenvalue weighted by Crippen LogP contribution is -2.41. The fourth-order valence-electron chi connectivity index (χ4n) is 4.23. The number of imidazole rings is 1. The highest BCUT2D eigenvalue weighted by Gasteiger charge is 2.31. The normalized spacial score (nSPS) is 12.2.